The van der Waals surface area contributed by atoms with Crippen molar-refractivity contribution in [2.45, 2.75) is 31.7 Å². The molecular weight excluding hydrogens is 383 g/mol. The molecule has 1 unspecified atom stereocenters. The fourth-order valence-electron chi connectivity index (χ4n) is 2.40. The lowest BCUT2D eigenvalue weighted by Crippen LogP contribution is -2.27. The fourth-order valence-corrected chi connectivity index (χ4v) is 2.57. The van der Waals surface area contributed by atoms with Gasteiger partial charge in [0.05, 0.1) is 16.7 Å². The van der Waals surface area contributed by atoms with E-state index in [1.807, 2.05) is 0 Å². The first kappa shape index (κ1) is 19.3. The summed E-state index contributed by atoms with van der Waals surface area (Å²) in [6, 6.07) is 9.12. The van der Waals surface area contributed by atoms with Gasteiger partial charge in [0.2, 0.25) is 6.10 Å². The first-order chi connectivity index (χ1) is 12.6. The fraction of sp³-hybridized carbons (Fsp3) is 0.278. The van der Waals surface area contributed by atoms with Gasteiger partial charge in [0.25, 0.3) is 5.88 Å². The highest BCUT2D eigenvalue weighted by Gasteiger charge is 2.44. The summed E-state index contributed by atoms with van der Waals surface area (Å²) in [5.74, 6) is -0.427. The zero-order chi connectivity index (χ0) is 19.8. The van der Waals surface area contributed by atoms with Gasteiger partial charge < -0.3 is 9.84 Å². The average Bonchev–Trinajstić information content (AvgIpc) is 2.58. The molecule has 0 aliphatic rings. The minimum Gasteiger partial charge on any atom is -0.457 e. The summed E-state index contributed by atoms with van der Waals surface area (Å²) >= 11 is 5.96. The number of para-hydroxylation sites is 2. The van der Waals surface area contributed by atoms with Crippen molar-refractivity contribution in [1.29, 1.82) is 0 Å². The van der Waals surface area contributed by atoms with Crippen molar-refractivity contribution in [3.05, 3.63) is 59.0 Å². The Morgan fingerprint density at radius 3 is 2.19 bits per heavy atom. The predicted octanol–water partition coefficient (Wildman–Crippen LogP) is 4.59. The molecule has 5 nitrogen and oxygen atoms in total. The second-order valence-corrected chi connectivity index (χ2v) is 6.74. The number of ether oxygens (including phenoxy) is 1. The quantitative estimate of drug-likeness (QED) is 0.697. The molecule has 0 fully saturated rings. The topological polar surface area (TPSA) is 68.1 Å². The van der Waals surface area contributed by atoms with Crippen LogP contribution in [0.2, 0.25) is 5.15 Å². The lowest BCUT2D eigenvalue weighted by Gasteiger charge is -2.23. The van der Waals surface area contributed by atoms with Crippen LogP contribution in [-0.4, -0.2) is 26.2 Å². The van der Waals surface area contributed by atoms with Gasteiger partial charge in [-0.3, -0.25) is 4.98 Å². The molecule has 3 rings (SSSR count). The van der Waals surface area contributed by atoms with Crippen molar-refractivity contribution in [1.82, 2.24) is 15.0 Å². The van der Waals surface area contributed by atoms with Gasteiger partial charge in [-0.15, -0.1) is 0 Å². The molecule has 1 aromatic carbocycles. The third kappa shape index (κ3) is 4.28. The summed E-state index contributed by atoms with van der Waals surface area (Å²) in [5, 5.41) is 9.62. The number of aliphatic hydroxyl groups is 1. The van der Waals surface area contributed by atoms with E-state index in [9.17, 15) is 18.3 Å². The van der Waals surface area contributed by atoms with E-state index in [4.69, 9.17) is 16.3 Å². The number of rotatable bonds is 4. The highest BCUT2D eigenvalue weighted by molar-refractivity contribution is 6.31. The Labute approximate surface area is 157 Å². The smallest absolute Gasteiger partial charge is 0.429 e. The highest BCUT2D eigenvalue weighted by Crippen LogP contribution is 2.38. The first-order valence-corrected chi connectivity index (χ1v) is 8.28. The van der Waals surface area contributed by atoms with Gasteiger partial charge in [0, 0.05) is 11.8 Å². The molecule has 9 heteroatoms. The standard InChI is InChI=1S/C18H15ClF3N3O2/c1-17(2,26)13-8-7-10(9-23-13)14(18(20,21)22)27-16-15(19)24-11-5-3-4-6-12(11)25-16/h3-9,14,26H,1-2H3. The molecule has 0 spiro atoms. The van der Waals surface area contributed by atoms with Crippen LogP contribution in [-0.2, 0) is 5.60 Å². The Morgan fingerprint density at radius 1 is 1.04 bits per heavy atom. The SMILES string of the molecule is CC(C)(O)c1ccc(C(Oc2nc3ccccc3nc2Cl)C(F)(F)F)cn1. The maximum absolute atomic E-state index is 13.6. The van der Waals surface area contributed by atoms with Crippen LogP contribution in [0.25, 0.3) is 11.0 Å². The van der Waals surface area contributed by atoms with Crippen molar-refractivity contribution in [2.24, 2.45) is 0 Å². The number of nitrogens with zero attached hydrogens (tertiary/aromatic N) is 3. The Balaban J connectivity index is 1.98. The second kappa shape index (κ2) is 6.94. The molecule has 142 valence electrons. The van der Waals surface area contributed by atoms with Crippen molar-refractivity contribution < 1.29 is 23.0 Å². The van der Waals surface area contributed by atoms with E-state index in [0.717, 1.165) is 6.20 Å². The van der Waals surface area contributed by atoms with Crippen LogP contribution in [0.4, 0.5) is 13.2 Å². The summed E-state index contributed by atoms with van der Waals surface area (Å²) in [6.45, 7) is 2.97. The number of aromatic nitrogens is 3. The summed E-state index contributed by atoms with van der Waals surface area (Å²) in [7, 11) is 0. The summed E-state index contributed by atoms with van der Waals surface area (Å²) in [4.78, 5) is 11.9. The van der Waals surface area contributed by atoms with Gasteiger partial charge in [-0.2, -0.15) is 13.2 Å². The van der Waals surface area contributed by atoms with Crippen LogP contribution in [0.5, 0.6) is 5.88 Å². The van der Waals surface area contributed by atoms with Gasteiger partial charge in [0.15, 0.2) is 5.15 Å². The molecule has 0 bridgehead atoms. The maximum atomic E-state index is 13.6. The molecule has 0 amide bonds. The number of hydrogen-bond donors (Lipinski definition) is 1. The highest BCUT2D eigenvalue weighted by atomic mass is 35.5. The van der Waals surface area contributed by atoms with Gasteiger partial charge in [0.1, 0.15) is 5.60 Å². The molecule has 2 aromatic heterocycles. The van der Waals surface area contributed by atoms with Crippen molar-refractivity contribution >= 4 is 22.6 Å². The monoisotopic (exact) mass is 397 g/mol. The Hall–Kier alpha value is -2.45. The minimum absolute atomic E-state index is 0.232. The number of hydrogen-bond acceptors (Lipinski definition) is 5. The molecule has 27 heavy (non-hydrogen) atoms. The number of alkyl halides is 3. The number of pyridine rings is 1. The third-order valence-electron chi connectivity index (χ3n) is 3.74. The molecule has 0 aliphatic heterocycles. The zero-order valence-electron chi connectivity index (χ0n) is 14.3. The Kier molecular flexibility index (Phi) is 4.96. The van der Waals surface area contributed by atoms with E-state index in [-0.39, 0.29) is 16.4 Å². The summed E-state index contributed by atoms with van der Waals surface area (Å²) < 4.78 is 45.8. The molecule has 0 saturated carbocycles. The van der Waals surface area contributed by atoms with Crippen molar-refractivity contribution in [3.63, 3.8) is 0 Å². The van der Waals surface area contributed by atoms with Crippen LogP contribution in [0.15, 0.2) is 42.6 Å². The molecular formula is C18H15ClF3N3O2. The van der Waals surface area contributed by atoms with E-state index < -0.39 is 23.8 Å². The normalized spacial score (nSPS) is 13.6. The summed E-state index contributed by atoms with van der Waals surface area (Å²) in [5.41, 5.74) is -0.500. The molecule has 0 aliphatic carbocycles. The minimum atomic E-state index is -4.74. The lowest BCUT2D eigenvalue weighted by molar-refractivity contribution is -0.198. The van der Waals surface area contributed by atoms with E-state index in [1.54, 1.807) is 24.3 Å². The maximum Gasteiger partial charge on any atom is 0.429 e. The second-order valence-electron chi connectivity index (χ2n) is 6.38. The summed E-state index contributed by atoms with van der Waals surface area (Å²) in [6.07, 6.45) is -6.07. The van der Waals surface area contributed by atoms with Crippen LogP contribution < -0.4 is 4.74 Å². The predicted molar refractivity (Wildman–Crippen MR) is 93.5 cm³/mol. The van der Waals surface area contributed by atoms with E-state index in [1.165, 1.54) is 26.0 Å². The third-order valence-corrected chi connectivity index (χ3v) is 3.99. The van der Waals surface area contributed by atoms with Crippen LogP contribution in [0.3, 0.4) is 0 Å². The number of benzene rings is 1. The number of fused-ring (bicyclic) bond motifs is 1. The Morgan fingerprint density at radius 2 is 1.67 bits per heavy atom. The van der Waals surface area contributed by atoms with Crippen LogP contribution in [0.1, 0.15) is 31.2 Å². The van der Waals surface area contributed by atoms with Gasteiger partial charge in [-0.25, -0.2) is 9.97 Å². The van der Waals surface area contributed by atoms with E-state index >= 15 is 0 Å². The molecule has 1 atom stereocenters. The van der Waals surface area contributed by atoms with Gasteiger partial charge in [-0.05, 0) is 32.0 Å². The molecule has 1 N–H and O–H groups in total. The molecule has 0 radical (unpaired) electrons. The van der Waals surface area contributed by atoms with E-state index in [2.05, 4.69) is 15.0 Å². The van der Waals surface area contributed by atoms with Crippen molar-refractivity contribution in [3.8, 4) is 5.88 Å². The molecule has 2 heterocycles. The van der Waals surface area contributed by atoms with Gasteiger partial charge >= 0.3 is 6.18 Å². The average molecular weight is 398 g/mol. The van der Waals surface area contributed by atoms with Crippen LogP contribution >= 0.6 is 11.6 Å². The van der Waals surface area contributed by atoms with Crippen LogP contribution in [0, 0.1) is 0 Å². The number of halogens is 4. The zero-order valence-corrected chi connectivity index (χ0v) is 15.1. The largest absolute Gasteiger partial charge is 0.457 e. The molecule has 3 aromatic rings. The first-order valence-electron chi connectivity index (χ1n) is 7.90. The van der Waals surface area contributed by atoms with E-state index in [0.29, 0.717) is 11.0 Å². The van der Waals surface area contributed by atoms with Crippen molar-refractivity contribution in [2.75, 3.05) is 0 Å². The van der Waals surface area contributed by atoms with Gasteiger partial charge in [-0.1, -0.05) is 29.8 Å². The Bertz CT molecular complexity index is 957. The molecule has 0 saturated heterocycles. The lowest BCUT2D eigenvalue weighted by atomic mass is 10.0.